The van der Waals surface area contributed by atoms with Crippen molar-refractivity contribution in [1.29, 1.82) is 0 Å². The van der Waals surface area contributed by atoms with Crippen LogP contribution in [-0.2, 0) is 9.53 Å². The first kappa shape index (κ1) is 16.0. The van der Waals surface area contributed by atoms with Crippen LogP contribution < -0.4 is 0 Å². The standard InChI is InChI=1S/C17H25NO3/c1-12-11-18(3)13(2)10-17(12,20)15(16(19)21-4)14-8-6-5-7-9-14/h5-9,12-13,15,20H,10-11H2,1-4H3/t12-,13+,15+,17+/m1/s1. The molecule has 0 aromatic heterocycles. The Balaban J connectivity index is 2.42. The highest BCUT2D eigenvalue weighted by atomic mass is 16.5. The zero-order chi connectivity index (χ0) is 15.6. The summed E-state index contributed by atoms with van der Waals surface area (Å²) in [6.45, 7) is 4.84. The maximum absolute atomic E-state index is 12.4. The summed E-state index contributed by atoms with van der Waals surface area (Å²) in [6, 6.07) is 9.67. The third kappa shape index (κ3) is 2.97. The number of rotatable bonds is 3. The number of carbonyl (C=O) groups excluding carboxylic acids is 1. The number of benzene rings is 1. The van der Waals surface area contributed by atoms with Crippen LogP contribution >= 0.6 is 0 Å². The highest BCUT2D eigenvalue weighted by molar-refractivity contribution is 5.79. The van der Waals surface area contributed by atoms with Gasteiger partial charge in [0.05, 0.1) is 12.7 Å². The van der Waals surface area contributed by atoms with Gasteiger partial charge < -0.3 is 14.7 Å². The van der Waals surface area contributed by atoms with E-state index in [0.29, 0.717) is 6.42 Å². The van der Waals surface area contributed by atoms with E-state index in [-0.39, 0.29) is 17.9 Å². The fourth-order valence-corrected chi connectivity index (χ4v) is 3.39. The summed E-state index contributed by atoms with van der Waals surface area (Å²) < 4.78 is 4.98. The fourth-order valence-electron chi connectivity index (χ4n) is 3.39. The molecule has 0 amide bonds. The molecule has 4 atom stereocenters. The number of hydrogen-bond donors (Lipinski definition) is 1. The summed E-state index contributed by atoms with van der Waals surface area (Å²) in [6.07, 6.45) is 0.555. The Morgan fingerprint density at radius 1 is 1.38 bits per heavy atom. The number of likely N-dealkylation sites (tertiary alicyclic amines) is 1. The van der Waals surface area contributed by atoms with E-state index in [2.05, 4.69) is 18.9 Å². The molecule has 1 N–H and O–H groups in total. The zero-order valence-corrected chi connectivity index (χ0v) is 13.2. The van der Waals surface area contributed by atoms with E-state index in [0.717, 1.165) is 12.1 Å². The van der Waals surface area contributed by atoms with Crippen molar-refractivity contribution < 1.29 is 14.6 Å². The lowest BCUT2D eigenvalue weighted by molar-refractivity contribution is -0.159. The molecule has 0 radical (unpaired) electrons. The van der Waals surface area contributed by atoms with E-state index >= 15 is 0 Å². The highest BCUT2D eigenvalue weighted by Gasteiger charge is 2.50. The van der Waals surface area contributed by atoms with Crippen molar-refractivity contribution in [2.75, 3.05) is 20.7 Å². The smallest absolute Gasteiger partial charge is 0.316 e. The van der Waals surface area contributed by atoms with Crippen LogP contribution in [0.2, 0.25) is 0 Å². The van der Waals surface area contributed by atoms with Crippen molar-refractivity contribution in [2.24, 2.45) is 5.92 Å². The molecule has 1 aromatic rings. The fraction of sp³-hybridized carbons (Fsp3) is 0.588. The van der Waals surface area contributed by atoms with Gasteiger partial charge in [-0.25, -0.2) is 0 Å². The molecular weight excluding hydrogens is 266 g/mol. The molecule has 21 heavy (non-hydrogen) atoms. The molecular formula is C17H25NO3. The molecule has 4 nitrogen and oxygen atoms in total. The van der Waals surface area contributed by atoms with E-state index in [1.54, 1.807) is 0 Å². The number of piperidine rings is 1. The van der Waals surface area contributed by atoms with Crippen LogP contribution in [0.4, 0.5) is 0 Å². The first-order chi connectivity index (χ1) is 9.90. The largest absolute Gasteiger partial charge is 0.468 e. The van der Waals surface area contributed by atoms with Gasteiger partial charge in [-0.05, 0) is 31.9 Å². The third-order valence-corrected chi connectivity index (χ3v) is 4.86. The normalized spacial score (nSPS) is 31.7. The molecule has 1 fully saturated rings. The lowest BCUT2D eigenvalue weighted by atomic mass is 9.68. The minimum atomic E-state index is -1.08. The van der Waals surface area contributed by atoms with Crippen LogP contribution in [0.15, 0.2) is 30.3 Å². The van der Waals surface area contributed by atoms with Gasteiger partial charge in [0.1, 0.15) is 5.92 Å². The average molecular weight is 291 g/mol. The second-order valence-electron chi connectivity index (χ2n) is 6.25. The molecule has 1 aromatic carbocycles. The van der Waals surface area contributed by atoms with Crippen molar-refractivity contribution in [2.45, 2.75) is 37.8 Å². The number of nitrogens with zero attached hydrogens (tertiary/aromatic N) is 1. The Morgan fingerprint density at radius 3 is 2.57 bits per heavy atom. The summed E-state index contributed by atoms with van der Waals surface area (Å²) in [5, 5.41) is 11.3. The number of aliphatic hydroxyl groups is 1. The molecule has 0 spiro atoms. The molecule has 4 heteroatoms. The van der Waals surface area contributed by atoms with Crippen LogP contribution in [0.25, 0.3) is 0 Å². The summed E-state index contributed by atoms with van der Waals surface area (Å²) in [5.74, 6) is -1.02. The molecule has 1 aliphatic heterocycles. The van der Waals surface area contributed by atoms with Gasteiger partial charge in [0.15, 0.2) is 0 Å². The molecule has 0 bridgehead atoms. The number of hydrogen-bond acceptors (Lipinski definition) is 4. The minimum absolute atomic E-state index is 0.0111. The van der Waals surface area contributed by atoms with Gasteiger partial charge in [-0.1, -0.05) is 37.3 Å². The molecule has 116 valence electrons. The third-order valence-electron chi connectivity index (χ3n) is 4.86. The molecule has 0 aliphatic carbocycles. The Morgan fingerprint density at radius 2 is 2.00 bits per heavy atom. The van der Waals surface area contributed by atoms with Gasteiger partial charge in [0.25, 0.3) is 0 Å². The second-order valence-corrected chi connectivity index (χ2v) is 6.25. The monoisotopic (exact) mass is 291 g/mol. The Bertz CT molecular complexity index is 490. The van der Waals surface area contributed by atoms with Gasteiger partial charge in [-0.15, -0.1) is 0 Å². The number of ether oxygens (including phenoxy) is 1. The highest BCUT2D eigenvalue weighted by Crippen LogP contribution is 2.42. The lowest BCUT2D eigenvalue weighted by Gasteiger charge is -2.48. The van der Waals surface area contributed by atoms with Crippen LogP contribution in [0.5, 0.6) is 0 Å². The summed E-state index contributed by atoms with van der Waals surface area (Å²) >= 11 is 0. The summed E-state index contributed by atoms with van der Waals surface area (Å²) in [4.78, 5) is 14.6. The van der Waals surface area contributed by atoms with Gasteiger partial charge >= 0.3 is 5.97 Å². The molecule has 1 heterocycles. The first-order valence-corrected chi connectivity index (χ1v) is 7.45. The molecule has 0 unspecified atom stereocenters. The van der Waals surface area contributed by atoms with Crippen molar-refractivity contribution in [3.63, 3.8) is 0 Å². The molecule has 1 aliphatic rings. The number of carbonyl (C=O) groups is 1. The molecule has 2 rings (SSSR count). The van der Waals surface area contributed by atoms with E-state index in [1.165, 1.54) is 7.11 Å². The van der Waals surface area contributed by atoms with Crippen molar-refractivity contribution in [1.82, 2.24) is 4.90 Å². The predicted octanol–water partition coefficient (Wildman–Crippen LogP) is 2.03. The quantitative estimate of drug-likeness (QED) is 0.866. The van der Waals surface area contributed by atoms with Gasteiger partial charge in [-0.2, -0.15) is 0 Å². The predicted molar refractivity (Wildman–Crippen MR) is 82.0 cm³/mol. The molecule has 1 saturated heterocycles. The van der Waals surface area contributed by atoms with Crippen molar-refractivity contribution in [3.8, 4) is 0 Å². The van der Waals surface area contributed by atoms with E-state index in [9.17, 15) is 9.90 Å². The second kappa shape index (κ2) is 6.16. The lowest BCUT2D eigenvalue weighted by Crippen LogP contribution is -2.57. The Hall–Kier alpha value is -1.39. The summed E-state index contributed by atoms with van der Waals surface area (Å²) in [5.41, 5.74) is -0.268. The maximum atomic E-state index is 12.4. The topological polar surface area (TPSA) is 49.8 Å². The van der Waals surface area contributed by atoms with Gasteiger partial charge in [0.2, 0.25) is 0 Å². The SMILES string of the molecule is COC(=O)[C@H](c1ccccc1)[C@]1(O)C[C@H](C)N(C)C[C@H]1C. The van der Waals surface area contributed by atoms with Crippen LogP contribution in [0, 0.1) is 5.92 Å². The number of esters is 1. The van der Waals surface area contributed by atoms with Crippen LogP contribution in [0.1, 0.15) is 31.7 Å². The van der Waals surface area contributed by atoms with Crippen molar-refractivity contribution >= 4 is 5.97 Å². The van der Waals surface area contributed by atoms with Gasteiger partial charge in [-0.3, -0.25) is 4.79 Å². The van der Waals surface area contributed by atoms with E-state index in [1.807, 2.05) is 37.3 Å². The zero-order valence-electron chi connectivity index (χ0n) is 13.2. The van der Waals surface area contributed by atoms with Gasteiger partial charge in [0, 0.05) is 12.6 Å². The van der Waals surface area contributed by atoms with Crippen LogP contribution in [0.3, 0.4) is 0 Å². The first-order valence-electron chi connectivity index (χ1n) is 7.45. The minimum Gasteiger partial charge on any atom is -0.468 e. The van der Waals surface area contributed by atoms with Crippen molar-refractivity contribution in [3.05, 3.63) is 35.9 Å². The summed E-state index contributed by atoms with van der Waals surface area (Å²) in [7, 11) is 3.43. The average Bonchev–Trinajstić information content (AvgIpc) is 2.46. The molecule has 0 saturated carbocycles. The number of methoxy groups -OCH3 is 1. The Kier molecular flexibility index (Phi) is 4.69. The van der Waals surface area contributed by atoms with E-state index < -0.39 is 11.5 Å². The van der Waals surface area contributed by atoms with E-state index in [4.69, 9.17) is 4.74 Å². The van der Waals surface area contributed by atoms with Crippen LogP contribution in [-0.4, -0.2) is 48.3 Å². The Labute approximate surface area is 126 Å². The maximum Gasteiger partial charge on any atom is 0.316 e.